The van der Waals surface area contributed by atoms with E-state index in [1.165, 1.54) is 0 Å². The molecule has 8 heavy (non-hydrogen) atoms. The molecule has 0 aromatic carbocycles. The van der Waals surface area contributed by atoms with Crippen LogP contribution in [0.2, 0.25) is 0 Å². The van der Waals surface area contributed by atoms with Crippen LogP contribution in [0.3, 0.4) is 0 Å². The summed E-state index contributed by atoms with van der Waals surface area (Å²) in [6.45, 7) is 0. The Kier molecular flexibility index (Phi) is 3.52. The number of nitriles is 1. The number of carbonyl (C=O) groups is 1. The van der Waals surface area contributed by atoms with E-state index in [-0.39, 0.29) is 3.91 Å². The molecular weight excluding hydrogens is 219 g/mol. The van der Waals surface area contributed by atoms with Gasteiger partial charge in [-0.15, -0.1) is 0 Å². The van der Waals surface area contributed by atoms with Crippen molar-refractivity contribution in [1.29, 1.82) is 5.26 Å². The fourth-order valence-electron chi connectivity index (χ4n) is 0.138. The number of rotatable bonds is 1. The fourth-order valence-corrected chi connectivity index (χ4v) is 0.798. The van der Waals surface area contributed by atoms with Gasteiger partial charge in [0.25, 0.3) is 0 Å². The molecule has 0 spiro atoms. The SMILES string of the molecule is CI(C)C(=O)NC#N. The van der Waals surface area contributed by atoms with Gasteiger partial charge in [-0.05, 0) is 0 Å². The number of halogens is 1. The summed E-state index contributed by atoms with van der Waals surface area (Å²) in [6.07, 6.45) is 1.59. The Morgan fingerprint density at radius 1 is 1.75 bits per heavy atom. The quantitative estimate of drug-likeness (QED) is 0.181. The molecule has 0 unspecified atom stereocenters. The number of nitrogens with one attached hydrogen (secondary N) is 1. The first-order valence-electron chi connectivity index (χ1n) is 1.87. The Hall–Kier alpha value is -0.310. The predicted molar refractivity (Wildman–Crippen MR) is 40.0 cm³/mol. The minimum atomic E-state index is -1.40. The van der Waals surface area contributed by atoms with Gasteiger partial charge in [0, 0.05) is 0 Å². The summed E-state index contributed by atoms with van der Waals surface area (Å²) >= 11 is -1.40. The van der Waals surface area contributed by atoms with Crippen LogP contribution in [0.25, 0.3) is 0 Å². The Morgan fingerprint density at radius 3 is 2.38 bits per heavy atom. The number of alkyl halides is 2. The molecule has 1 amide bonds. The van der Waals surface area contributed by atoms with Gasteiger partial charge in [0.2, 0.25) is 0 Å². The fraction of sp³-hybridized carbons (Fsp3) is 0.500. The molecule has 0 aromatic heterocycles. The van der Waals surface area contributed by atoms with E-state index < -0.39 is 19.8 Å². The Bertz CT molecular complexity index is 126. The van der Waals surface area contributed by atoms with Crippen molar-refractivity contribution < 1.29 is 4.79 Å². The number of carbonyl (C=O) groups excluding carboxylic acids is 1. The van der Waals surface area contributed by atoms with Crippen molar-refractivity contribution in [3.8, 4) is 6.19 Å². The Morgan fingerprint density at radius 2 is 2.25 bits per heavy atom. The number of amides is 1. The second-order valence-corrected chi connectivity index (χ2v) is 6.56. The van der Waals surface area contributed by atoms with Gasteiger partial charge in [0.1, 0.15) is 0 Å². The van der Waals surface area contributed by atoms with E-state index in [0.29, 0.717) is 0 Å². The molecule has 0 radical (unpaired) electrons. The Balaban J connectivity index is 3.53. The summed E-state index contributed by atoms with van der Waals surface area (Å²) in [6, 6.07) is 0. The van der Waals surface area contributed by atoms with Gasteiger partial charge < -0.3 is 0 Å². The molecule has 0 atom stereocenters. The van der Waals surface area contributed by atoms with Gasteiger partial charge in [-0.2, -0.15) is 0 Å². The molecule has 4 heteroatoms. The number of nitrogens with zero attached hydrogens (tertiary/aromatic N) is 1. The van der Waals surface area contributed by atoms with Crippen molar-refractivity contribution in [1.82, 2.24) is 5.32 Å². The second-order valence-electron chi connectivity index (χ2n) is 1.27. The van der Waals surface area contributed by atoms with Gasteiger partial charge >= 0.3 is 55.2 Å². The van der Waals surface area contributed by atoms with Crippen LogP contribution >= 0.6 is 19.8 Å². The van der Waals surface area contributed by atoms with Crippen LogP contribution in [0.1, 0.15) is 0 Å². The minimum absolute atomic E-state index is 0.0725. The van der Waals surface area contributed by atoms with Crippen LogP contribution in [-0.2, 0) is 0 Å². The molecule has 0 fully saturated rings. The van der Waals surface area contributed by atoms with Crippen LogP contribution in [0, 0.1) is 11.5 Å². The zero-order valence-electron chi connectivity index (χ0n) is 4.73. The molecule has 46 valence electrons. The standard InChI is InChI=1S/C4H7IN2O/c1-5(2)4(8)7-3-6/h1-2H3,(H,7,8). The van der Waals surface area contributed by atoms with Gasteiger partial charge in [-0.1, -0.05) is 0 Å². The van der Waals surface area contributed by atoms with Crippen molar-refractivity contribution in [3.05, 3.63) is 0 Å². The molecule has 1 N–H and O–H groups in total. The normalized spacial score (nSPS) is 9.38. The number of hydrogen-bond acceptors (Lipinski definition) is 2. The van der Waals surface area contributed by atoms with Crippen LogP contribution in [0.4, 0.5) is 4.79 Å². The van der Waals surface area contributed by atoms with E-state index in [1.807, 2.05) is 9.86 Å². The van der Waals surface area contributed by atoms with Crippen molar-refractivity contribution in [2.45, 2.75) is 0 Å². The molecule has 0 heterocycles. The summed E-state index contributed by atoms with van der Waals surface area (Å²) in [5, 5.41) is 10.0. The number of hydrogen-bond donors (Lipinski definition) is 1. The van der Waals surface area contributed by atoms with Crippen LogP contribution in [-0.4, -0.2) is 13.8 Å². The first-order valence-corrected chi connectivity index (χ1v) is 7.27. The summed E-state index contributed by atoms with van der Waals surface area (Å²) in [4.78, 5) is 14.2. The first-order chi connectivity index (χ1) is 3.68. The van der Waals surface area contributed by atoms with E-state index in [1.54, 1.807) is 6.19 Å². The third kappa shape index (κ3) is 2.80. The molecule has 0 bridgehead atoms. The van der Waals surface area contributed by atoms with E-state index in [2.05, 4.69) is 5.32 Å². The second kappa shape index (κ2) is 3.66. The van der Waals surface area contributed by atoms with Crippen LogP contribution < -0.4 is 5.32 Å². The zero-order chi connectivity index (χ0) is 6.57. The van der Waals surface area contributed by atoms with E-state index in [9.17, 15) is 4.79 Å². The first kappa shape index (κ1) is 7.69. The van der Waals surface area contributed by atoms with Crippen molar-refractivity contribution in [2.75, 3.05) is 9.86 Å². The van der Waals surface area contributed by atoms with E-state index in [0.717, 1.165) is 0 Å². The van der Waals surface area contributed by atoms with Crippen LogP contribution in [0.15, 0.2) is 0 Å². The van der Waals surface area contributed by atoms with Crippen molar-refractivity contribution >= 4 is 23.7 Å². The Labute approximate surface area is 55.4 Å². The van der Waals surface area contributed by atoms with Crippen molar-refractivity contribution in [3.63, 3.8) is 0 Å². The summed E-state index contributed by atoms with van der Waals surface area (Å²) in [7, 11) is 0. The molecule has 0 aliphatic heterocycles. The van der Waals surface area contributed by atoms with Crippen LogP contribution in [0.5, 0.6) is 0 Å². The van der Waals surface area contributed by atoms with Gasteiger partial charge in [0.05, 0.1) is 0 Å². The van der Waals surface area contributed by atoms with Crippen molar-refractivity contribution in [2.24, 2.45) is 0 Å². The van der Waals surface area contributed by atoms with E-state index in [4.69, 9.17) is 5.26 Å². The monoisotopic (exact) mass is 226 g/mol. The topological polar surface area (TPSA) is 52.9 Å². The van der Waals surface area contributed by atoms with Gasteiger partial charge in [-0.3, -0.25) is 0 Å². The molecular formula is C4H7IN2O. The zero-order valence-corrected chi connectivity index (χ0v) is 6.89. The average Bonchev–Trinajstić information content (AvgIpc) is 1.67. The maximum atomic E-state index is 10.5. The van der Waals surface area contributed by atoms with Gasteiger partial charge in [-0.25, -0.2) is 0 Å². The summed E-state index contributed by atoms with van der Waals surface area (Å²) in [5.74, 6) is 0. The summed E-state index contributed by atoms with van der Waals surface area (Å²) in [5.41, 5.74) is 0. The molecule has 0 saturated carbocycles. The predicted octanol–water partition coefficient (Wildman–Crippen LogP) is 0.943. The molecule has 0 saturated heterocycles. The maximum absolute atomic E-state index is 10.5. The summed E-state index contributed by atoms with van der Waals surface area (Å²) < 4.78 is -0.0725. The average molecular weight is 226 g/mol. The third-order valence-corrected chi connectivity index (χ3v) is 2.73. The molecule has 0 aliphatic carbocycles. The van der Waals surface area contributed by atoms with Gasteiger partial charge in [0.15, 0.2) is 0 Å². The third-order valence-electron chi connectivity index (χ3n) is 0.497. The molecule has 0 rings (SSSR count). The van der Waals surface area contributed by atoms with E-state index >= 15 is 0 Å². The molecule has 3 nitrogen and oxygen atoms in total. The molecule has 0 aliphatic rings. The molecule has 0 aromatic rings.